The van der Waals surface area contributed by atoms with Crippen molar-refractivity contribution >= 4 is 17.7 Å². The number of amides is 3. The number of hydrogen-bond acceptors (Lipinski definition) is 8. The fourth-order valence-corrected chi connectivity index (χ4v) is 5.27. The molecule has 36 heavy (non-hydrogen) atoms. The van der Waals surface area contributed by atoms with Crippen LogP contribution in [0.5, 0.6) is 11.5 Å². The van der Waals surface area contributed by atoms with E-state index in [-0.39, 0.29) is 24.8 Å². The molecule has 0 radical (unpaired) electrons. The second-order valence-corrected chi connectivity index (χ2v) is 9.59. The molecule has 0 bridgehead atoms. The van der Waals surface area contributed by atoms with Crippen LogP contribution in [0, 0.1) is 0 Å². The number of benzene rings is 1. The molecule has 10 nitrogen and oxygen atoms in total. The van der Waals surface area contributed by atoms with Crippen LogP contribution in [0.1, 0.15) is 53.0 Å². The van der Waals surface area contributed by atoms with Crippen LogP contribution >= 0.6 is 0 Å². The number of methoxy groups -OCH3 is 2. The van der Waals surface area contributed by atoms with E-state index >= 15 is 0 Å². The highest BCUT2D eigenvalue weighted by atomic mass is 16.5. The highest BCUT2D eigenvalue weighted by Crippen LogP contribution is 2.35. The first kappa shape index (κ1) is 24.2. The number of carbonyl (C=O) groups is 3. The molecular weight excluding hydrogens is 464 g/mol. The van der Waals surface area contributed by atoms with Crippen molar-refractivity contribution in [2.75, 3.05) is 27.3 Å². The molecule has 3 amide bonds. The van der Waals surface area contributed by atoms with Crippen LogP contribution in [-0.4, -0.2) is 71.0 Å². The number of imide groups is 1. The Morgan fingerprint density at radius 1 is 1.08 bits per heavy atom. The smallest absolute Gasteiger partial charge is 0.256 e. The summed E-state index contributed by atoms with van der Waals surface area (Å²) in [7, 11) is 3.22. The Labute approximate surface area is 209 Å². The molecule has 1 aromatic carbocycles. The first-order valence-electron chi connectivity index (χ1n) is 12.1. The van der Waals surface area contributed by atoms with Crippen molar-refractivity contribution in [2.45, 2.75) is 50.4 Å². The molecule has 3 aliphatic heterocycles. The van der Waals surface area contributed by atoms with E-state index in [9.17, 15) is 19.5 Å². The minimum Gasteiger partial charge on any atom is -0.493 e. The second kappa shape index (κ2) is 9.51. The number of carbonyl (C=O) groups excluding carboxylic acids is 3. The minimum absolute atomic E-state index is 0.190. The molecule has 10 heteroatoms. The average Bonchev–Trinajstić information content (AvgIpc) is 3.21. The molecular formula is C26H30N4O6. The van der Waals surface area contributed by atoms with Gasteiger partial charge in [-0.1, -0.05) is 6.07 Å². The van der Waals surface area contributed by atoms with Gasteiger partial charge in [-0.25, -0.2) is 0 Å². The number of rotatable bonds is 6. The predicted molar refractivity (Wildman–Crippen MR) is 128 cm³/mol. The van der Waals surface area contributed by atoms with Gasteiger partial charge in [0.15, 0.2) is 11.5 Å². The quantitative estimate of drug-likeness (QED) is 0.578. The minimum atomic E-state index is -1.09. The lowest BCUT2D eigenvalue weighted by Crippen LogP contribution is -2.52. The highest BCUT2D eigenvalue weighted by Gasteiger charge is 2.41. The maximum atomic E-state index is 12.9. The van der Waals surface area contributed by atoms with Crippen molar-refractivity contribution in [1.29, 1.82) is 0 Å². The van der Waals surface area contributed by atoms with Gasteiger partial charge < -0.3 is 19.5 Å². The molecule has 1 unspecified atom stereocenters. The average molecular weight is 495 g/mol. The van der Waals surface area contributed by atoms with E-state index in [1.807, 2.05) is 18.2 Å². The van der Waals surface area contributed by atoms with Crippen LogP contribution in [0.15, 0.2) is 30.3 Å². The van der Waals surface area contributed by atoms with Gasteiger partial charge in [-0.15, -0.1) is 0 Å². The largest absolute Gasteiger partial charge is 0.493 e. The van der Waals surface area contributed by atoms with Crippen LogP contribution in [-0.2, 0) is 28.3 Å². The van der Waals surface area contributed by atoms with E-state index in [1.54, 1.807) is 26.4 Å². The molecule has 2 fully saturated rings. The van der Waals surface area contributed by atoms with Gasteiger partial charge in [0.2, 0.25) is 11.8 Å². The molecule has 0 saturated carbocycles. The number of pyridine rings is 1. The SMILES string of the molecule is COc1ccc(CN2CCC(O)(c3ccc4c(n3)CN(C3CCC(=O)NC3=O)C4=O)CC2)cc1OC. The summed E-state index contributed by atoms with van der Waals surface area (Å²) < 4.78 is 10.7. The summed E-state index contributed by atoms with van der Waals surface area (Å²) in [6.45, 7) is 2.29. The lowest BCUT2D eigenvalue weighted by molar-refractivity contribution is -0.136. The lowest BCUT2D eigenvalue weighted by Gasteiger charge is -2.38. The van der Waals surface area contributed by atoms with Gasteiger partial charge in [0.25, 0.3) is 5.91 Å². The summed E-state index contributed by atoms with van der Waals surface area (Å²) in [5.41, 5.74) is 1.56. The van der Waals surface area contributed by atoms with Crippen molar-refractivity contribution < 1.29 is 29.0 Å². The number of ether oxygens (including phenoxy) is 2. The number of aromatic nitrogens is 1. The zero-order valence-corrected chi connectivity index (χ0v) is 20.5. The van der Waals surface area contributed by atoms with Gasteiger partial charge in [0, 0.05) is 26.1 Å². The van der Waals surface area contributed by atoms with Crippen LogP contribution in [0.25, 0.3) is 0 Å². The zero-order chi connectivity index (χ0) is 25.4. The van der Waals surface area contributed by atoms with E-state index in [2.05, 4.69) is 15.2 Å². The number of hydrogen-bond donors (Lipinski definition) is 2. The second-order valence-electron chi connectivity index (χ2n) is 9.59. The van der Waals surface area contributed by atoms with Gasteiger partial charge in [-0.2, -0.15) is 0 Å². The van der Waals surface area contributed by atoms with E-state index in [4.69, 9.17) is 9.47 Å². The number of nitrogens with zero attached hydrogens (tertiary/aromatic N) is 3. The summed E-state index contributed by atoms with van der Waals surface area (Å²) in [4.78, 5) is 45.1. The maximum Gasteiger partial charge on any atom is 0.256 e. The van der Waals surface area contributed by atoms with Gasteiger partial charge >= 0.3 is 0 Å². The van der Waals surface area contributed by atoms with Crippen molar-refractivity contribution in [3.05, 3.63) is 52.8 Å². The number of fused-ring (bicyclic) bond motifs is 1. The Bertz CT molecular complexity index is 1210. The van der Waals surface area contributed by atoms with Crippen LogP contribution in [0.3, 0.4) is 0 Å². The molecule has 2 N–H and O–H groups in total. The third-order valence-electron chi connectivity index (χ3n) is 7.39. The van der Waals surface area contributed by atoms with Gasteiger partial charge in [0.1, 0.15) is 11.6 Å². The molecule has 2 aromatic rings. The fraction of sp³-hybridized carbons (Fsp3) is 0.462. The Morgan fingerprint density at radius 3 is 2.53 bits per heavy atom. The molecule has 3 aliphatic rings. The monoisotopic (exact) mass is 494 g/mol. The van der Waals surface area contributed by atoms with Crippen molar-refractivity contribution in [3.63, 3.8) is 0 Å². The summed E-state index contributed by atoms with van der Waals surface area (Å²) >= 11 is 0. The topological polar surface area (TPSA) is 121 Å². The molecule has 5 rings (SSSR count). The van der Waals surface area contributed by atoms with E-state index in [0.717, 1.165) is 12.1 Å². The molecule has 2 saturated heterocycles. The van der Waals surface area contributed by atoms with E-state index < -0.39 is 17.6 Å². The molecule has 1 atom stereocenters. The Kier molecular flexibility index (Phi) is 6.40. The third-order valence-corrected chi connectivity index (χ3v) is 7.39. The lowest BCUT2D eigenvalue weighted by atomic mass is 9.87. The van der Waals surface area contributed by atoms with Crippen molar-refractivity contribution in [3.8, 4) is 11.5 Å². The predicted octanol–water partition coefficient (Wildman–Crippen LogP) is 1.34. The van der Waals surface area contributed by atoms with Gasteiger partial charge in [-0.3, -0.25) is 29.6 Å². The van der Waals surface area contributed by atoms with Gasteiger partial charge in [-0.05, 0) is 49.1 Å². The standard InChI is InChI=1S/C26H30N4O6/c1-35-20-6-3-16(13-21(20)36-2)14-29-11-9-26(34,10-12-29)22-7-4-17-18(27-22)15-30(25(17)33)19-5-8-23(31)28-24(19)32/h3-4,6-7,13,19,34H,5,8-12,14-15H2,1-2H3,(H,28,31,32). The van der Waals surface area contributed by atoms with E-state index in [0.29, 0.717) is 60.8 Å². The highest BCUT2D eigenvalue weighted by molar-refractivity contribution is 6.05. The molecule has 4 heterocycles. The molecule has 0 spiro atoms. The first-order valence-corrected chi connectivity index (χ1v) is 12.1. The summed E-state index contributed by atoms with van der Waals surface area (Å²) in [6.07, 6.45) is 1.53. The Balaban J connectivity index is 1.25. The number of aliphatic hydroxyl groups is 1. The summed E-state index contributed by atoms with van der Waals surface area (Å²) in [5.74, 6) is 0.335. The third kappa shape index (κ3) is 4.42. The van der Waals surface area contributed by atoms with Gasteiger partial charge in [0.05, 0.1) is 37.7 Å². The van der Waals surface area contributed by atoms with Crippen molar-refractivity contribution in [2.24, 2.45) is 0 Å². The number of likely N-dealkylation sites (tertiary alicyclic amines) is 1. The van der Waals surface area contributed by atoms with Crippen LogP contribution in [0.4, 0.5) is 0 Å². The van der Waals surface area contributed by atoms with Crippen LogP contribution < -0.4 is 14.8 Å². The maximum absolute atomic E-state index is 12.9. The van der Waals surface area contributed by atoms with E-state index in [1.165, 1.54) is 4.90 Å². The molecule has 1 aromatic heterocycles. The first-order chi connectivity index (χ1) is 17.3. The van der Waals surface area contributed by atoms with Crippen molar-refractivity contribution in [1.82, 2.24) is 20.1 Å². The summed E-state index contributed by atoms with van der Waals surface area (Å²) in [5, 5.41) is 13.7. The number of nitrogens with one attached hydrogen (secondary N) is 1. The Hall–Kier alpha value is -3.50. The number of piperidine rings is 2. The normalized spacial score (nSPS) is 21.8. The summed E-state index contributed by atoms with van der Waals surface area (Å²) in [6, 6.07) is 8.59. The zero-order valence-electron chi connectivity index (χ0n) is 20.5. The molecule has 0 aliphatic carbocycles. The Morgan fingerprint density at radius 2 is 1.83 bits per heavy atom. The molecule has 190 valence electrons. The fourth-order valence-electron chi connectivity index (χ4n) is 5.27. The van der Waals surface area contributed by atoms with Crippen LogP contribution in [0.2, 0.25) is 0 Å².